The third kappa shape index (κ3) is 4.52. The van der Waals surface area contributed by atoms with Gasteiger partial charge in [0.05, 0.1) is 12.8 Å². The molecule has 4 nitrogen and oxygen atoms in total. The Balaban J connectivity index is 1.85. The van der Waals surface area contributed by atoms with E-state index in [0.717, 1.165) is 28.3 Å². The average Bonchev–Trinajstić information content (AvgIpc) is 2.46. The fourth-order valence-electron chi connectivity index (χ4n) is 2.37. The zero-order valence-electron chi connectivity index (χ0n) is 13.3. The highest BCUT2D eigenvalue weighted by atomic mass is 16.5. The number of methoxy groups -OCH3 is 1. The molecule has 2 rings (SSSR count). The van der Waals surface area contributed by atoms with Crippen LogP contribution in [-0.2, 0) is 4.79 Å². The number of anilines is 2. The number of carbonyl (C=O) groups is 1. The maximum atomic E-state index is 12.0. The Morgan fingerprint density at radius 3 is 2.45 bits per heavy atom. The Bertz CT molecular complexity index is 633. The monoisotopic (exact) mass is 298 g/mol. The molecule has 2 aromatic carbocycles. The normalized spacial score (nSPS) is 10.1. The van der Waals surface area contributed by atoms with E-state index in [1.165, 1.54) is 0 Å². The van der Waals surface area contributed by atoms with Gasteiger partial charge in [-0.25, -0.2) is 0 Å². The molecule has 0 bridgehead atoms. The van der Waals surface area contributed by atoms with Crippen LogP contribution in [0.25, 0.3) is 0 Å². The number of ether oxygens (including phenoxy) is 1. The Morgan fingerprint density at radius 1 is 1.09 bits per heavy atom. The molecule has 1 amide bonds. The van der Waals surface area contributed by atoms with Gasteiger partial charge >= 0.3 is 0 Å². The second kappa shape index (κ2) is 7.50. The first-order valence-corrected chi connectivity index (χ1v) is 7.33. The van der Waals surface area contributed by atoms with Gasteiger partial charge in [-0.2, -0.15) is 0 Å². The smallest absolute Gasteiger partial charge is 0.226 e. The number of hydrogen-bond acceptors (Lipinski definition) is 3. The Kier molecular flexibility index (Phi) is 5.42. The summed E-state index contributed by atoms with van der Waals surface area (Å²) in [6, 6.07) is 13.7. The minimum Gasteiger partial charge on any atom is -0.495 e. The lowest BCUT2D eigenvalue weighted by atomic mass is 10.1. The summed E-state index contributed by atoms with van der Waals surface area (Å²) in [5.41, 5.74) is 4.02. The van der Waals surface area contributed by atoms with Crippen LogP contribution in [0.1, 0.15) is 17.5 Å². The molecular formula is C18H22N2O2. The highest BCUT2D eigenvalue weighted by Crippen LogP contribution is 2.22. The van der Waals surface area contributed by atoms with Crippen molar-refractivity contribution in [2.24, 2.45) is 0 Å². The van der Waals surface area contributed by atoms with Crippen LogP contribution in [0.3, 0.4) is 0 Å². The van der Waals surface area contributed by atoms with Crippen molar-refractivity contribution in [3.63, 3.8) is 0 Å². The number of benzene rings is 2. The zero-order chi connectivity index (χ0) is 15.9. The molecule has 4 heteroatoms. The van der Waals surface area contributed by atoms with Crippen molar-refractivity contribution in [2.45, 2.75) is 20.3 Å². The summed E-state index contributed by atoms with van der Waals surface area (Å²) < 4.78 is 5.26. The summed E-state index contributed by atoms with van der Waals surface area (Å²) in [7, 11) is 1.63. The standard InChI is InChI=1S/C18H22N2O2/c1-13-10-14(2)12-15(11-13)20-18(21)8-9-19-16-6-4-5-7-17(16)22-3/h4-7,10-12,19H,8-9H2,1-3H3,(H,20,21). The van der Waals surface area contributed by atoms with Gasteiger partial charge < -0.3 is 15.4 Å². The van der Waals surface area contributed by atoms with Gasteiger partial charge in [0.1, 0.15) is 5.75 Å². The number of nitrogens with one attached hydrogen (secondary N) is 2. The van der Waals surface area contributed by atoms with Crippen LogP contribution >= 0.6 is 0 Å². The van der Waals surface area contributed by atoms with Crippen molar-refractivity contribution in [3.05, 3.63) is 53.6 Å². The van der Waals surface area contributed by atoms with Gasteiger partial charge in [0.25, 0.3) is 0 Å². The van der Waals surface area contributed by atoms with Gasteiger partial charge in [-0.05, 0) is 49.2 Å². The predicted molar refractivity (Wildman–Crippen MR) is 90.6 cm³/mol. The Morgan fingerprint density at radius 2 is 1.77 bits per heavy atom. The SMILES string of the molecule is COc1ccccc1NCCC(=O)Nc1cc(C)cc(C)c1. The molecule has 0 saturated carbocycles. The van der Waals surface area contributed by atoms with Gasteiger partial charge in [0.2, 0.25) is 5.91 Å². The van der Waals surface area contributed by atoms with Crippen LogP contribution in [0, 0.1) is 13.8 Å². The molecule has 0 radical (unpaired) electrons. The molecule has 0 saturated heterocycles. The second-order valence-electron chi connectivity index (χ2n) is 5.30. The maximum absolute atomic E-state index is 12.0. The van der Waals surface area contributed by atoms with Crippen LogP contribution in [0.2, 0.25) is 0 Å². The molecule has 0 fully saturated rings. The first-order valence-electron chi connectivity index (χ1n) is 7.33. The van der Waals surface area contributed by atoms with E-state index in [9.17, 15) is 4.79 Å². The van der Waals surface area contributed by atoms with Gasteiger partial charge in [-0.3, -0.25) is 4.79 Å². The topological polar surface area (TPSA) is 50.4 Å². The third-order valence-corrected chi connectivity index (χ3v) is 3.28. The second-order valence-corrected chi connectivity index (χ2v) is 5.30. The van der Waals surface area contributed by atoms with Gasteiger partial charge in [-0.1, -0.05) is 18.2 Å². The number of para-hydroxylation sites is 2. The van der Waals surface area contributed by atoms with Gasteiger partial charge in [0.15, 0.2) is 0 Å². The molecule has 22 heavy (non-hydrogen) atoms. The van der Waals surface area contributed by atoms with Crippen molar-refractivity contribution in [1.82, 2.24) is 0 Å². The lowest BCUT2D eigenvalue weighted by molar-refractivity contribution is -0.115. The first kappa shape index (κ1) is 15.9. The van der Waals surface area contributed by atoms with Crippen molar-refractivity contribution < 1.29 is 9.53 Å². The van der Waals surface area contributed by atoms with E-state index in [-0.39, 0.29) is 5.91 Å². The molecule has 0 heterocycles. The summed E-state index contributed by atoms with van der Waals surface area (Å²) >= 11 is 0. The molecule has 0 aliphatic rings. The average molecular weight is 298 g/mol. The highest BCUT2D eigenvalue weighted by Gasteiger charge is 2.05. The molecule has 0 unspecified atom stereocenters. The number of carbonyl (C=O) groups excluding carboxylic acids is 1. The summed E-state index contributed by atoms with van der Waals surface area (Å²) in [5, 5.41) is 6.15. The Labute approximate surface area is 131 Å². The number of amides is 1. The van der Waals surface area contributed by atoms with Gasteiger partial charge in [0, 0.05) is 18.7 Å². The van der Waals surface area contributed by atoms with Crippen LogP contribution in [0.5, 0.6) is 5.75 Å². The van der Waals surface area contributed by atoms with E-state index in [0.29, 0.717) is 13.0 Å². The van der Waals surface area contributed by atoms with Crippen molar-refractivity contribution in [3.8, 4) is 5.75 Å². The van der Waals surface area contributed by atoms with E-state index in [1.54, 1.807) is 7.11 Å². The Hall–Kier alpha value is -2.49. The third-order valence-electron chi connectivity index (χ3n) is 3.28. The van der Waals surface area contributed by atoms with Gasteiger partial charge in [-0.15, -0.1) is 0 Å². The predicted octanol–water partition coefficient (Wildman–Crippen LogP) is 3.75. The van der Waals surface area contributed by atoms with E-state index in [1.807, 2.05) is 50.2 Å². The van der Waals surface area contributed by atoms with Crippen LogP contribution in [-0.4, -0.2) is 19.6 Å². The van der Waals surface area contributed by atoms with Crippen LogP contribution < -0.4 is 15.4 Å². The van der Waals surface area contributed by atoms with E-state index >= 15 is 0 Å². The van der Waals surface area contributed by atoms with E-state index < -0.39 is 0 Å². The molecule has 2 aromatic rings. The molecule has 2 N–H and O–H groups in total. The quantitative estimate of drug-likeness (QED) is 0.854. The largest absolute Gasteiger partial charge is 0.495 e. The van der Waals surface area contributed by atoms with Crippen molar-refractivity contribution in [2.75, 3.05) is 24.3 Å². The molecule has 0 aromatic heterocycles. The van der Waals surface area contributed by atoms with Crippen molar-refractivity contribution in [1.29, 1.82) is 0 Å². The molecule has 0 aliphatic heterocycles. The van der Waals surface area contributed by atoms with Crippen molar-refractivity contribution >= 4 is 17.3 Å². The van der Waals surface area contributed by atoms with Crippen LogP contribution in [0.15, 0.2) is 42.5 Å². The number of rotatable bonds is 6. The van der Waals surface area contributed by atoms with E-state index in [2.05, 4.69) is 16.7 Å². The molecule has 116 valence electrons. The van der Waals surface area contributed by atoms with Crippen LogP contribution in [0.4, 0.5) is 11.4 Å². The zero-order valence-corrected chi connectivity index (χ0v) is 13.3. The first-order chi connectivity index (χ1) is 10.6. The highest BCUT2D eigenvalue weighted by molar-refractivity contribution is 5.91. The molecule has 0 spiro atoms. The molecular weight excluding hydrogens is 276 g/mol. The minimum absolute atomic E-state index is 0.00704. The maximum Gasteiger partial charge on any atom is 0.226 e. The summed E-state index contributed by atoms with van der Waals surface area (Å²) in [4.78, 5) is 12.0. The lowest BCUT2D eigenvalue weighted by Gasteiger charge is -2.11. The minimum atomic E-state index is -0.00704. The molecule has 0 aliphatic carbocycles. The fourth-order valence-corrected chi connectivity index (χ4v) is 2.37. The number of aryl methyl sites for hydroxylation is 2. The summed E-state index contributed by atoms with van der Waals surface area (Å²) in [6.07, 6.45) is 0.394. The number of hydrogen-bond donors (Lipinski definition) is 2. The molecule has 0 atom stereocenters. The summed E-state index contributed by atoms with van der Waals surface area (Å²) in [5.74, 6) is 0.768. The van der Waals surface area contributed by atoms with E-state index in [4.69, 9.17) is 4.74 Å². The summed E-state index contributed by atoms with van der Waals surface area (Å²) in [6.45, 7) is 4.59. The fraction of sp³-hybridized carbons (Fsp3) is 0.278. The lowest BCUT2D eigenvalue weighted by Crippen LogP contribution is -2.16.